The van der Waals surface area contributed by atoms with Gasteiger partial charge in [-0.1, -0.05) is 17.7 Å². The van der Waals surface area contributed by atoms with Crippen molar-refractivity contribution < 1.29 is 9.18 Å². The second-order valence-electron chi connectivity index (χ2n) is 3.69. The smallest absolute Gasteiger partial charge is 0.133 e. The number of hydrogen-bond acceptors (Lipinski definition) is 1. The number of hydrogen-bond donors (Lipinski definition) is 0. The molecule has 0 fully saturated rings. The highest BCUT2D eigenvalue weighted by Crippen LogP contribution is 2.24. The van der Waals surface area contributed by atoms with E-state index in [4.69, 9.17) is 23.2 Å². The lowest BCUT2D eigenvalue weighted by atomic mass is 9.93. The van der Waals surface area contributed by atoms with E-state index in [9.17, 15) is 9.18 Å². The highest BCUT2D eigenvalue weighted by molar-refractivity contribution is 6.31. The van der Waals surface area contributed by atoms with Crippen molar-refractivity contribution in [3.05, 3.63) is 34.6 Å². The van der Waals surface area contributed by atoms with Crippen LogP contribution in [-0.2, 0) is 11.2 Å². The minimum Gasteiger partial charge on any atom is -0.300 e. The zero-order valence-electron chi connectivity index (χ0n) is 8.97. The first-order valence-electron chi connectivity index (χ1n) is 5.05. The molecule has 0 aliphatic rings. The first-order chi connectivity index (χ1) is 7.56. The molecule has 1 rings (SSSR count). The number of carbonyl (C=O) groups excluding carboxylic acids is 1. The summed E-state index contributed by atoms with van der Waals surface area (Å²) in [4.78, 5) is 11.3. The number of halogens is 3. The topological polar surface area (TPSA) is 17.1 Å². The normalized spacial score (nSPS) is 12.5. The van der Waals surface area contributed by atoms with E-state index in [0.717, 1.165) is 0 Å². The van der Waals surface area contributed by atoms with E-state index in [1.807, 2.05) is 0 Å². The van der Waals surface area contributed by atoms with Gasteiger partial charge >= 0.3 is 0 Å². The molecule has 1 unspecified atom stereocenters. The van der Waals surface area contributed by atoms with Crippen LogP contribution in [0.25, 0.3) is 0 Å². The summed E-state index contributed by atoms with van der Waals surface area (Å²) >= 11 is 11.5. The first-order valence-corrected chi connectivity index (χ1v) is 5.96. The Labute approximate surface area is 105 Å². The molecule has 0 amide bonds. The number of carbonyl (C=O) groups is 1. The van der Waals surface area contributed by atoms with Gasteiger partial charge in [-0.05, 0) is 31.9 Å². The van der Waals surface area contributed by atoms with Crippen LogP contribution >= 0.6 is 23.2 Å². The van der Waals surface area contributed by atoms with Gasteiger partial charge in [0.2, 0.25) is 0 Å². The van der Waals surface area contributed by atoms with E-state index in [2.05, 4.69) is 0 Å². The highest BCUT2D eigenvalue weighted by atomic mass is 35.5. The molecule has 1 atom stereocenters. The van der Waals surface area contributed by atoms with Gasteiger partial charge in [0.15, 0.2) is 0 Å². The van der Waals surface area contributed by atoms with Crippen molar-refractivity contribution in [3.63, 3.8) is 0 Å². The van der Waals surface area contributed by atoms with Gasteiger partial charge in [0.1, 0.15) is 11.6 Å². The molecule has 1 aromatic rings. The summed E-state index contributed by atoms with van der Waals surface area (Å²) < 4.78 is 13.5. The quantitative estimate of drug-likeness (QED) is 0.737. The van der Waals surface area contributed by atoms with Crippen molar-refractivity contribution in [2.24, 2.45) is 5.92 Å². The third-order valence-electron chi connectivity index (χ3n) is 2.54. The van der Waals surface area contributed by atoms with Gasteiger partial charge in [0.25, 0.3) is 0 Å². The van der Waals surface area contributed by atoms with Crippen LogP contribution in [0.15, 0.2) is 18.2 Å². The average Bonchev–Trinajstić information content (AvgIpc) is 2.21. The van der Waals surface area contributed by atoms with Crippen LogP contribution in [0.4, 0.5) is 4.39 Å². The van der Waals surface area contributed by atoms with E-state index in [1.54, 1.807) is 12.1 Å². The molecular formula is C12H13Cl2FO. The van der Waals surface area contributed by atoms with Crippen LogP contribution in [0.3, 0.4) is 0 Å². The molecule has 4 heteroatoms. The van der Waals surface area contributed by atoms with Crippen LogP contribution in [0.1, 0.15) is 18.9 Å². The van der Waals surface area contributed by atoms with Crippen LogP contribution in [0, 0.1) is 11.7 Å². The summed E-state index contributed by atoms with van der Waals surface area (Å²) in [5, 5.41) is 0.362. The lowest BCUT2D eigenvalue weighted by Crippen LogP contribution is -2.15. The summed E-state index contributed by atoms with van der Waals surface area (Å²) in [6.07, 6.45) is 0.856. The molecule has 0 saturated heterocycles. The van der Waals surface area contributed by atoms with Gasteiger partial charge in [-0.15, -0.1) is 11.6 Å². The molecule has 0 aromatic heterocycles. The Morgan fingerprint density at radius 2 is 2.19 bits per heavy atom. The molecule has 16 heavy (non-hydrogen) atoms. The summed E-state index contributed by atoms with van der Waals surface area (Å²) in [6, 6.07) is 4.52. The Bertz CT molecular complexity index is 359. The molecule has 88 valence electrons. The number of ketones is 1. The molecule has 0 spiro atoms. The molecule has 0 saturated carbocycles. The zero-order valence-corrected chi connectivity index (χ0v) is 10.5. The van der Waals surface area contributed by atoms with Crippen molar-refractivity contribution in [2.75, 3.05) is 5.88 Å². The fraction of sp³-hybridized carbons (Fsp3) is 0.417. The Morgan fingerprint density at radius 3 is 2.69 bits per heavy atom. The first kappa shape index (κ1) is 13.5. The van der Waals surface area contributed by atoms with Crippen LogP contribution in [-0.4, -0.2) is 11.7 Å². The van der Waals surface area contributed by atoms with E-state index in [1.165, 1.54) is 13.0 Å². The van der Waals surface area contributed by atoms with E-state index >= 15 is 0 Å². The molecule has 0 radical (unpaired) electrons. The van der Waals surface area contributed by atoms with Gasteiger partial charge in [0.05, 0.1) is 0 Å². The monoisotopic (exact) mass is 262 g/mol. The largest absolute Gasteiger partial charge is 0.300 e. The minimum atomic E-state index is -0.367. The standard InChI is InChI=1S/C12H13Cl2FO/c1-8(16)9(5-6-13)7-10-11(14)3-2-4-12(10)15/h2-4,9H,5-7H2,1H3. The minimum absolute atomic E-state index is 0.0139. The molecule has 0 aliphatic heterocycles. The van der Waals surface area contributed by atoms with Crippen LogP contribution in [0.2, 0.25) is 5.02 Å². The lowest BCUT2D eigenvalue weighted by Gasteiger charge is -2.13. The van der Waals surface area contributed by atoms with Gasteiger partial charge < -0.3 is 0 Å². The van der Waals surface area contributed by atoms with Gasteiger partial charge in [-0.25, -0.2) is 4.39 Å². The van der Waals surface area contributed by atoms with Crippen molar-refractivity contribution >= 4 is 29.0 Å². The summed E-state index contributed by atoms with van der Waals surface area (Å²) in [6.45, 7) is 1.49. The Balaban J connectivity index is 2.89. The third kappa shape index (κ3) is 3.46. The van der Waals surface area contributed by atoms with Crippen molar-refractivity contribution in [1.82, 2.24) is 0 Å². The second kappa shape index (κ2) is 6.21. The molecule has 0 bridgehead atoms. The fourth-order valence-electron chi connectivity index (χ4n) is 1.55. The predicted molar refractivity (Wildman–Crippen MR) is 64.6 cm³/mol. The Kier molecular flexibility index (Phi) is 5.23. The third-order valence-corrected chi connectivity index (χ3v) is 3.12. The Morgan fingerprint density at radius 1 is 1.50 bits per heavy atom. The molecule has 1 aromatic carbocycles. The van der Waals surface area contributed by atoms with E-state index in [-0.39, 0.29) is 17.5 Å². The second-order valence-corrected chi connectivity index (χ2v) is 4.47. The van der Waals surface area contributed by atoms with Gasteiger partial charge in [-0.2, -0.15) is 0 Å². The molecular weight excluding hydrogens is 250 g/mol. The maximum absolute atomic E-state index is 13.5. The van der Waals surface area contributed by atoms with Crippen molar-refractivity contribution in [1.29, 1.82) is 0 Å². The van der Waals surface area contributed by atoms with Gasteiger partial charge in [0, 0.05) is 22.4 Å². The zero-order chi connectivity index (χ0) is 12.1. The number of rotatable bonds is 5. The fourth-order valence-corrected chi connectivity index (χ4v) is 2.06. The highest BCUT2D eigenvalue weighted by Gasteiger charge is 2.18. The van der Waals surface area contributed by atoms with E-state index in [0.29, 0.717) is 29.3 Å². The number of benzene rings is 1. The average molecular weight is 263 g/mol. The number of Topliss-reactive ketones (excluding diaryl/α,β-unsaturated/α-hetero) is 1. The maximum atomic E-state index is 13.5. The summed E-state index contributed by atoms with van der Waals surface area (Å²) in [7, 11) is 0. The lowest BCUT2D eigenvalue weighted by molar-refractivity contribution is -0.120. The number of alkyl halides is 1. The SMILES string of the molecule is CC(=O)C(CCCl)Cc1c(F)cccc1Cl. The van der Waals surface area contributed by atoms with Crippen molar-refractivity contribution in [2.45, 2.75) is 19.8 Å². The molecule has 0 N–H and O–H groups in total. The summed E-state index contributed by atoms with van der Waals surface area (Å²) in [5.74, 6) is -0.226. The maximum Gasteiger partial charge on any atom is 0.133 e. The Hall–Kier alpha value is -0.600. The molecule has 0 aliphatic carbocycles. The van der Waals surface area contributed by atoms with Gasteiger partial charge in [-0.3, -0.25) is 4.79 Å². The van der Waals surface area contributed by atoms with Crippen molar-refractivity contribution in [3.8, 4) is 0 Å². The summed E-state index contributed by atoms with van der Waals surface area (Å²) in [5.41, 5.74) is 0.398. The van der Waals surface area contributed by atoms with E-state index < -0.39 is 0 Å². The predicted octanol–water partition coefficient (Wildman–Crippen LogP) is 3.86. The molecule has 0 heterocycles. The van der Waals surface area contributed by atoms with Crippen LogP contribution < -0.4 is 0 Å². The molecule has 1 nitrogen and oxygen atoms in total. The van der Waals surface area contributed by atoms with Crippen LogP contribution in [0.5, 0.6) is 0 Å².